The van der Waals surface area contributed by atoms with Crippen molar-refractivity contribution in [3.05, 3.63) is 48.0 Å². The molecule has 11 heteroatoms. The van der Waals surface area contributed by atoms with Crippen molar-refractivity contribution in [1.29, 1.82) is 0 Å². The molecule has 0 aromatic heterocycles. The van der Waals surface area contributed by atoms with Crippen LogP contribution >= 0.6 is 0 Å². The van der Waals surface area contributed by atoms with Gasteiger partial charge in [-0.15, -0.1) is 13.2 Å². The molecule has 2 aliphatic carbocycles. The molecule has 1 heterocycles. The van der Waals surface area contributed by atoms with Crippen LogP contribution in [0, 0.1) is 41.2 Å². The van der Waals surface area contributed by atoms with Gasteiger partial charge in [-0.25, -0.2) is 8.78 Å². The zero-order valence-corrected chi connectivity index (χ0v) is 26.1. The molecule has 4 nitrogen and oxygen atoms in total. The second kappa shape index (κ2) is 15.1. The van der Waals surface area contributed by atoms with Gasteiger partial charge in [0.05, 0.1) is 19.1 Å². The Morgan fingerprint density at radius 2 is 1.28 bits per heavy atom. The number of alkyl halides is 5. The van der Waals surface area contributed by atoms with Crippen molar-refractivity contribution in [1.82, 2.24) is 0 Å². The molecule has 0 N–H and O–H groups in total. The normalized spacial score (nSPS) is 27.7. The van der Waals surface area contributed by atoms with E-state index < -0.39 is 35.8 Å². The molecule has 5 rings (SSSR count). The van der Waals surface area contributed by atoms with Gasteiger partial charge in [0.1, 0.15) is 5.75 Å². The van der Waals surface area contributed by atoms with Crippen LogP contribution in [0.2, 0.25) is 0 Å². The average Bonchev–Trinajstić information content (AvgIpc) is 3.03. The Morgan fingerprint density at radius 1 is 0.696 bits per heavy atom. The molecule has 1 aliphatic heterocycles. The molecule has 0 bridgehead atoms. The first-order chi connectivity index (χ1) is 21.9. The molecule has 0 atom stereocenters. The number of hydrogen-bond donors (Lipinski definition) is 0. The summed E-state index contributed by atoms with van der Waals surface area (Å²) in [6.07, 6.45) is 2.76. The molecule has 0 spiro atoms. The van der Waals surface area contributed by atoms with Gasteiger partial charge in [-0.1, -0.05) is 57.6 Å². The quantitative estimate of drug-likeness (QED) is 0.178. The van der Waals surface area contributed by atoms with E-state index in [0.717, 1.165) is 5.92 Å². The minimum absolute atomic E-state index is 0.0512. The monoisotopic (exact) mass is 660 g/mol. The van der Waals surface area contributed by atoms with Crippen LogP contribution in [0.3, 0.4) is 0 Å². The van der Waals surface area contributed by atoms with Crippen LogP contribution in [0.5, 0.6) is 11.5 Å². The highest BCUT2D eigenvalue weighted by Gasteiger charge is 2.46. The van der Waals surface area contributed by atoms with Crippen LogP contribution in [-0.2, 0) is 9.47 Å². The van der Waals surface area contributed by atoms with Crippen molar-refractivity contribution in [2.24, 2.45) is 29.6 Å². The van der Waals surface area contributed by atoms with Crippen molar-refractivity contribution in [3.63, 3.8) is 0 Å². The summed E-state index contributed by atoms with van der Waals surface area (Å²) in [4.78, 5) is 0. The van der Waals surface area contributed by atoms with E-state index in [1.165, 1.54) is 75.6 Å². The zero-order chi connectivity index (χ0) is 32.9. The highest BCUT2D eigenvalue weighted by atomic mass is 19.4. The predicted octanol–water partition coefficient (Wildman–Crippen LogP) is 10.7. The van der Waals surface area contributed by atoms with Crippen LogP contribution in [0.1, 0.15) is 84.0 Å². The maximum absolute atomic E-state index is 15.2. The van der Waals surface area contributed by atoms with Gasteiger partial charge in [-0.3, -0.25) is 0 Å². The van der Waals surface area contributed by atoms with Gasteiger partial charge >= 0.3 is 12.5 Å². The van der Waals surface area contributed by atoms with Crippen LogP contribution in [0.4, 0.5) is 30.7 Å². The fraction of sp³-hybridized carbons (Fsp3) is 0.657. The molecule has 0 radical (unpaired) electrons. The Balaban J connectivity index is 1.06. The van der Waals surface area contributed by atoms with Gasteiger partial charge in [0.25, 0.3) is 0 Å². The van der Waals surface area contributed by atoms with E-state index in [1.54, 1.807) is 0 Å². The number of halogens is 7. The number of hydrogen-bond acceptors (Lipinski definition) is 4. The number of benzene rings is 2. The number of unbranched alkanes of at least 4 members (excludes halogenated alkanes) is 2. The van der Waals surface area contributed by atoms with Crippen molar-refractivity contribution < 1.29 is 49.7 Å². The number of rotatable bonds is 11. The van der Waals surface area contributed by atoms with Gasteiger partial charge < -0.3 is 18.9 Å². The summed E-state index contributed by atoms with van der Waals surface area (Å²) in [6.45, 7) is 3.56. The van der Waals surface area contributed by atoms with Gasteiger partial charge in [-0.05, 0) is 85.8 Å². The van der Waals surface area contributed by atoms with Crippen molar-refractivity contribution in [3.8, 4) is 22.6 Å². The topological polar surface area (TPSA) is 36.9 Å². The molecule has 1 saturated heterocycles. The third kappa shape index (κ3) is 9.08. The molecule has 0 amide bonds. The summed E-state index contributed by atoms with van der Waals surface area (Å²) in [5.41, 5.74) is 0.0992. The Kier molecular flexibility index (Phi) is 11.4. The summed E-state index contributed by atoms with van der Waals surface area (Å²) in [7, 11) is 0. The lowest BCUT2D eigenvalue weighted by atomic mass is 9.74. The van der Waals surface area contributed by atoms with Gasteiger partial charge in [0.15, 0.2) is 17.9 Å². The SMILES string of the molecule is CCCCCC1CCC(C2COC(C3CCC(C(F)(F)Oc4ccc(-c5cc(F)c(OC(F)(F)F)c(F)c5)cc4)CC3)OC2)CC1. The molecule has 2 aromatic rings. The zero-order valence-electron chi connectivity index (χ0n) is 26.1. The smallest absolute Gasteiger partial charge is 0.432 e. The Morgan fingerprint density at radius 3 is 1.85 bits per heavy atom. The third-order valence-corrected chi connectivity index (χ3v) is 10.0. The average molecular weight is 661 g/mol. The first-order valence-electron chi connectivity index (χ1n) is 16.6. The molecule has 2 saturated carbocycles. The van der Waals surface area contributed by atoms with Gasteiger partial charge in [0, 0.05) is 11.8 Å². The molecule has 3 aliphatic rings. The largest absolute Gasteiger partial charge is 0.573 e. The summed E-state index contributed by atoms with van der Waals surface area (Å²) in [5, 5.41) is 0. The van der Waals surface area contributed by atoms with Crippen molar-refractivity contribution in [2.75, 3.05) is 13.2 Å². The second-order valence-electron chi connectivity index (χ2n) is 13.2. The second-order valence-corrected chi connectivity index (χ2v) is 13.2. The summed E-state index contributed by atoms with van der Waals surface area (Å²) >= 11 is 0. The molecule has 2 aromatic carbocycles. The maximum atomic E-state index is 15.2. The summed E-state index contributed by atoms with van der Waals surface area (Å²) in [6, 6.07) is 6.39. The molecule has 3 fully saturated rings. The fourth-order valence-electron chi connectivity index (χ4n) is 7.33. The van der Waals surface area contributed by atoms with Crippen molar-refractivity contribution in [2.45, 2.75) is 103 Å². The Hall–Kier alpha value is -2.53. The molecular formula is C35H43F7O4. The van der Waals surface area contributed by atoms with Gasteiger partial charge in [-0.2, -0.15) is 8.78 Å². The van der Waals surface area contributed by atoms with Crippen LogP contribution in [-0.4, -0.2) is 32.0 Å². The van der Waals surface area contributed by atoms with Crippen molar-refractivity contribution >= 4 is 0 Å². The Bertz CT molecular complexity index is 1220. The first kappa shape index (κ1) is 34.8. The maximum Gasteiger partial charge on any atom is 0.573 e. The van der Waals surface area contributed by atoms with Crippen LogP contribution < -0.4 is 9.47 Å². The van der Waals surface area contributed by atoms with E-state index in [9.17, 15) is 22.0 Å². The molecule has 0 unspecified atom stereocenters. The number of ether oxygens (including phenoxy) is 4. The molecule has 256 valence electrons. The Labute approximate surface area is 265 Å². The summed E-state index contributed by atoms with van der Waals surface area (Å²) < 4.78 is 117. The van der Waals surface area contributed by atoms with E-state index in [4.69, 9.17) is 14.2 Å². The highest BCUT2D eigenvalue weighted by molar-refractivity contribution is 5.65. The lowest BCUT2D eigenvalue weighted by molar-refractivity contribution is -0.276. The van der Waals surface area contributed by atoms with E-state index in [-0.39, 0.29) is 41.9 Å². The van der Waals surface area contributed by atoms with E-state index in [2.05, 4.69) is 11.7 Å². The standard InChI is InChI=1S/C35H43F7O4/c1-2-3-4-5-22-6-8-24(9-7-22)27-20-43-33(44-21-27)25-10-14-28(15-11-25)34(38,39)45-29-16-12-23(13-17-29)26-18-30(36)32(31(37)19-26)46-35(40,41)42/h12-13,16-19,22,24-25,27-28,33H,2-11,14-15,20-21H2,1H3. The lowest BCUT2D eigenvalue weighted by Gasteiger charge is -2.41. The van der Waals surface area contributed by atoms with E-state index >= 15 is 8.78 Å². The van der Waals surface area contributed by atoms with Crippen LogP contribution in [0.15, 0.2) is 36.4 Å². The predicted molar refractivity (Wildman–Crippen MR) is 158 cm³/mol. The minimum atomic E-state index is -5.26. The van der Waals surface area contributed by atoms with Gasteiger partial charge in [0.2, 0.25) is 5.75 Å². The van der Waals surface area contributed by atoms with Crippen LogP contribution in [0.25, 0.3) is 11.1 Å². The first-order valence-corrected chi connectivity index (χ1v) is 16.6. The molecular weight excluding hydrogens is 617 g/mol. The lowest BCUT2D eigenvalue weighted by Crippen LogP contribution is -2.43. The fourth-order valence-corrected chi connectivity index (χ4v) is 7.33. The highest BCUT2D eigenvalue weighted by Crippen LogP contribution is 2.44. The third-order valence-electron chi connectivity index (χ3n) is 10.0. The van der Waals surface area contributed by atoms with E-state index in [1.807, 2.05) is 0 Å². The molecule has 46 heavy (non-hydrogen) atoms. The van der Waals surface area contributed by atoms with E-state index in [0.29, 0.717) is 50.0 Å². The minimum Gasteiger partial charge on any atom is -0.432 e. The summed E-state index contributed by atoms with van der Waals surface area (Å²) in [5.74, 6) is -3.88.